The van der Waals surface area contributed by atoms with Crippen LogP contribution in [0.5, 0.6) is 0 Å². The summed E-state index contributed by atoms with van der Waals surface area (Å²) in [5.41, 5.74) is 0.442. The minimum Gasteiger partial charge on any atom is -0.477 e. The number of carboxylic acids is 1. The molecule has 2 atom stereocenters. The Bertz CT molecular complexity index is 1270. The first kappa shape index (κ1) is 23.2. The molecule has 1 fully saturated rings. The number of amides is 2. The van der Waals surface area contributed by atoms with E-state index in [0.29, 0.717) is 16.5 Å². The van der Waals surface area contributed by atoms with Crippen LogP contribution in [-0.4, -0.2) is 95.1 Å². The number of fused-ring (bicyclic) bond motifs is 1. The molecule has 0 radical (unpaired) electrons. The fraction of sp³-hybridized carbons (Fsp3) is 0.438. The van der Waals surface area contributed by atoms with Crippen LogP contribution in [0, 0.1) is 0 Å². The van der Waals surface area contributed by atoms with E-state index in [1.807, 2.05) is 0 Å². The van der Waals surface area contributed by atoms with Crippen molar-refractivity contribution in [1.29, 1.82) is 0 Å². The number of hydrogen-bond donors (Lipinski definition) is 2. The lowest BCUT2D eigenvalue weighted by Crippen LogP contribution is -2.70. The van der Waals surface area contributed by atoms with Crippen LogP contribution in [0.1, 0.15) is 0 Å². The van der Waals surface area contributed by atoms with Gasteiger partial charge in [0.25, 0.3) is 5.91 Å². The summed E-state index contributed by atoms with van der Waals surface area (Å²) < 4.78 is 26.1. The number of nitrogens with zero attached hydrogens (tertiary/aromatic N) is 7. The third-order valence-electron chi connectivity index (χ3n) is 4.85. The van der Waals surface area contributed by atoms with Gasteiger partial charge in [0.15, 0.2) is 0 Å². The second kappa shape index (κ2) is 8.79. The van der Waals surface area contributed by atoms with Crippen LogP contribution in [0.4, 0.5) is 0 Å². The van der Waals surface area contributed by atoms with Crippen LogP contribution >= 0.6 is 23.5 Å². The summed E-state index contributed by atoms with van der Waals surface area (Å²) in [6, 6.07) is -0.917. The van der Waals surface area contributed by atoms with Gasteiger partial charge in [0.1, 0.15) is 23.7 Å². The number of carbonyl (C=O) groups excluding carboxylic acids is 2. The number of aliphatic carboxylic acids is 1. The topological polar surface area (TPSA) is 182 Å². The van der Waals surface area contributed by atoms with Crippen LogP contribution in [0.25, 0.3) is 0 Å². The van der Waals surface area contributed by atoms with Crippen molar-refractivity contribution in [3.63, 3.8) is 0 Å². The van der Waals surface area contributed by atoms with E-state index in [9.17, 15) is 27.9 Å². The summed E-state index contributed by atoms with van der Waals surface area (Å²) in [7, 11) is -1.97. The van der Waals surface area contributed by atoms with Gasteiger partial charge in [-0.05, 0) is 16.0 Å². The molecule has 2 aliphatic heterocycles. The minimum absolute atomic E-state index is 0.106. The molecule has 1 saturated heterocycles. The van der Waals surface area contributed by atoms with Crippen LogP contribution < -0.4 is 5.32 Å². The zero-order chi connectivity index (χ0) is 23.9. The Morgan fingerprint density at radius 3 is 2.79 bits per heavy atom. The minimum atomic E-state index is -3.63. The Balaban J connectivity index is 1.45. The number of β-lactam (4-membered cyclic amide) rings is 1. The molecule has 14 nitrogen and oxygen atoms in total. The fourth-order valence-electron chi connectivity index (χ4n) is 3.41. The molecule has 0 spiro atoms. The van der Waals surface area contributed by atoms with E-state index in [1.54, 1.807) is 7.05 Å². The van der Waals surface area contributed by atoms with Crippen LogP contribution in [0.15, 0.2) is 34.0 Å². The molecule has 0 aliphatic carbocycles. The van der Waals surface area contributed by atoms with Gasteiger partial charge >= 0.3 is 5.97 Å². The first-order valence-electron chi connectivity index (χ1n) is 9.33. The molecule has 2 amide bonds. The molecule has 2 N–H and O–H groups in total. The number of aromatic nitrogens is 6. The van der Waals surface area contributed by atoms with Crippen molar-refractivity contribution in [3.05, 3.63) is 23.7 Å². The van der Waals surface area contributed by atoms with Gasteiger partial charge in [-0.2, -0.15) is 0 Å². The monoisotopic (exact) mass is 514 g/mol. The van der Waals surface area contributed by atoms with Crippen LogP contribution in [-0.2, 0) is 37.8 Å². The number of thioether (sulfide) groups is 2. The first-order chi connectivity index (χ1) is 15.6. The summed E-state index contributed by atoms with van der Waals surface area (Å²) in [4.78, 5) is 42.1. The fourth-order valence-corrected chi connectivity index (χ4v) is 6.55. The van der Waals surface area contributed by atoms with E-state index in [2.05, 4.69) is 25.8 Å². The lowest BCUT2D eigenvalue weighted by Gasteiger charge is -2.49. The van der Waals surface area contributed by atoms with Gasteiger partial charge in [0.05, 0.1) is 0 Å². The van der Waals surface area contributed by atoms with E-state index in [-0.39, 0.29) is 23.2 Å². The number of imidazole rings is 1. The van der Waals surface area contributed by atoms with Crippen molar-refractivity contribution in [1.82, 2.24) is 40.0 Å². The standard InChI is InChI=1S/C16H18N8O6S3/c1-22-15(19-20-21-22)32-7-8-6-31-13-10(12(26)24(13)11(8)14(27)28)18-9(25)5-23-4-3-17-16(23)33(2,29)30/h3-4,10,13H,5-7H2,1-2H3,(H,18,25)(H,27,28). The summed E-state index contributed by atoms with van der Waals surface area (Å²) in [6.45, 7) is -0.348. The van der Waals surface area contributed by atoms with Gasteiger partial charge in [-0.15, -0.1) is 16.9 Å². The van der Waals surface area contributed by atoms with Gasteiger partial charge in [0, 0.05) is 37.2 Å². The second-order valence-electron chi connectivity index (χ2n) is 7.20. The highest BCUT2D eigenvalue weighted by Gasteiger charge is 2.54. The smallest absolute Gasteiger partial charge is 0.352 e. The van der Waals surface area contributed by atoms with Crippen molar-refractivity contribution >= 4 is 51.1 Å². The number of tetrazole rings is 1. The number of carbonyl (C=O) groups is 3. The average molecular weight is 515 g/mol. The van der Waals surface area contributed by atoms with Gasteiger partial charge in [0.2, 0.25) is 26.1 Å². The molecule has 0 aromatic carbocycles. The lowest BCUT2D eigenvalue weighted by atomic mass is 10.0. The SMILES string of the molecule is Cn1nnnc1SCC1=C(C(=O)O)N2C(=O)C(NC(=O)Cn3ccnc3S(C)(=O)=O)C2SC1. The molecular weight excluding hydrogens is 496 g/mol. The third kappa shape index (κ3) is 4.47. The Hall–Kier alpha value is -2.92. The predicted molar refractivity (Wildman–Crippen MR) is 115 cm³/mol. The Morgan fingerprint density at radius 1 is 1.39 bits per heavy atom. The largest absolute Gasteiger partial charge is 0.477 e. The zero-order valence-corrected chi connectivity index (χ0v) is 19.7. The molecule has 2 unspecified atom stereocenters. The third-order valence-corrected chi connectivity index (χ3v) is 8.29. The van der Waals surface area contributed by atoms with Crippen molar-refractivity contribution < 1.29 is 27.9 Å². The zero-order valence-electron chi connectivity index (χ0n) is 17.3. The van der Waals surface area contributed by atoms with Crippen LogP contribution in [0.2, 0.25) is 0 Å². The maximum atomic E-state index is 12.7. The van der Waals surface area contributed by atoms with Crippen molar-refractivity contribution in [2.24, 2.45) is 7.05 Å². The average Bonchev–Trinajstić information content (AvgIpc) is 3.38. The summed E-state index contributed by atoms with van der Waals surface area (Å²) in [5.74, 6) is -1.74. The normalized spacial score (nSPS) is 20.4. The van der Waals surface area contributed by atoms with Crippen LogP contribution in [0.3, 0.4) is 0 Å². The molecule has 4 rings (SSSR count). The quantitative estimate of drug-likeness (QED) is 0.302. The van der Waals surface area contributed by atoms with Gasteiger partial charge < -0.3 is 15.0 Å². The Morgan fingerprint density at radius 2 is 2.15 bits per heavy atom. The van der Waals surface area contributed by atoms with E-state index < -0.39 is 39.0 Å². The predicted octanol–water partition coefficient (Wildman–Crippen LogP) is -1.66. The number of sulfone groups is 1. The van der Waals surface area contributed by atoms with Crippen molar-refractivity contribution in [2.45, 2.75) is 28.3 Å². The Labute approximate surface area is 195 Å². The molecule has 176 valence electrons. The molecule has 0 saturated carbocycles. The molecule has 33 heavy (non-hydrogen) atoms. The second-order valence-corrected chi connectivity index (χ2v) is 11.2. The molecular formula is C16H18N8O6S3. The highest BCUT2D eigenvalue weighted by molar-refractivity contribution is 8.01. The molecule has 0 bridgehead atoms. The van der Waals surface area contributed by atoms with Gasteiger partial charge in [-0.3, -0.25) is 14.5 Å². The molecule has 4 heterocycles. The lowest BCUT2D eigenvalue weighted by molar-refractivity contribution is -0.150. The summed E-state index contributed by atoms with van der Waals surface area (Å²) in [6.07, 6.45) is 3.59. The maximum Gasteiger partial charge on any atom is 0.352 e. The van der Waals surface area contributed by atoms with E-state index in [1.165, 1.54) is 50.1 Å². The summed E-state index contributed by atoms with van der Waals surface area (Å²) >= 11 is 2.59. The van der Waals surface area contributed by atoms with Crippen molar-refractivity contribution in [3.8, 4) is 0 Å². The van der Waals surface area contributed by atoms with E-state index in [4.69, 9.17) is 0 Å². The highest BCUT2D eigenvalue weighted by Crippen LogP contribution is 2.41. The molecule has 2 aliphatic rings. The first-order valence-corrected chi connectivity index (χ1v) is 13.3. The number of hydrogen-bond acceptors (Lipinski definition) is 11. The molecule has 2 aromatic heterocycles. The maximum absolute atomic E-state index is 12.7. The number of rotatable bonds is 8. The Kier molecular flexibility index (Phi) is 6.19. The van der Waals surface area contributed by atoms with Gasteiger partial charge in [-0.1, -0.05) is 11.8 Å². The highest BCUT2D eigenvalue weighted by atomic mass is 32.2. The van der Waals surface area contributed by atoms with Gasteiger partial charge in [-0.25, -0.2) is 22.9 Å². The van der Waals surface area contributed by atoms with Crippen molar-refractivity contribution in [2.75, 3.05) is 17.8 Å². The van der Waals surface area contributed by atoms with E-state index >= 15 is 0 Å². The molecule has 2 aromatic rings. The number of aryl methyl sites for hydroxylation is 1. The molecule has 17 heteroatoms. The van der Waals surface area contributed by atoms with E-state index in [0.717, 1.165) is 6.26 Å². The number of carboxylic acid groups (broad SMARTS) is 1. The number of nitrogens with one attached hydrogen (secondary N) is 1. The summed E-state index contributed by atoms with van der Waals surface area (Å²) in [5, 5.41) is 23.1.